The molecular weight excluding hydrogens is 184 g/mol. The van der Waals surface area contributed by atoms with Crippen molar-refractivity contribution in [1.82, 2.24) is 5.32 Å². The standard InChI is InChI=1S/C5H12N2.C3H10O2Si/c1-4(6)5-2-7-3-5;1-4-3(6)5-2/h4-5,7H,2-3,6H2,1H3;3H,1-2,6H3. The van der Waals surface area contributed by atoms with Gasteiger partial charge in [0.2, 0.25) is 0 Å². The van der Waals surface area contributed by atoms with Crippen LogP contribution in [-0.4, -0.2) is 49.5 Å². The van der Waals surface area contributed by atoms with Gasteiger partial charge in [-0.15, -0.1) is 0 Å². The first-order valence-corrected chi connectivity index (χ1v) is 5.79. The topological polar surface area (TPSA) is 56.5 Å². The van der Waals surface area contributed by atoms with E-state index < -0.39 is 0 Å². The summed E-state index contributed by atoms with van der Waals surface area (Å²) in [4.78, 5) is 0. The van der Waals surface area contributed by atoms with Crippen LogP contribution in [0.3, 0.4) is 0 Å². The number of methoxy groups -OCH3 is 2. The Morgan fingerprint density at radius 1 is 1.38 bits per heavy atom. The minimum Gasteiger partial charge on any atom is -0.361 e. The molecule has 0 amide bonds. The van der Waals surface area contributed by atoms with E-state index in [-0.39, 0.29) is 5.91 Å². The zero-order valence-corrected chi connectivity index (χ0v) is 11.0. The summed E-state index contributed by atoms with van der Waals surface area (Å²) in [6.07, 6.45) is 0. The predicted octanol–water partition coefficient (Wildman–Crippen LogP) is -1.52. The van der Waals surface area contributed by atoms with Crippen LogP contribution in [0.4, 0.5) is 0 Å². The predicted molar refractivity (Wildman–Crippen MR) is 57.8 cm³/mol. The van der Waals surface area contributed by atoms with Crippen LogP contribution in [0.1, 0.15) is 6.92 Å². The first kappa shape index (κ1) is 13.1. The van der Waals surface area contributed by atoms with E-state index in [0.29, 0.717) is 6.04 Å². The third-order valence-electron chi connectivity index (χ3n) is 2.22. The molecule has 1 saturated heterocycles. The number of nitrogens with two attached hydrogens (primary N) is 1. The second-order valence-electron chi connectivity index (χ2n) is 3.32. The maximum Gasteiger partial charge on any atom is 0.130 e. The van der Waals surface area contributed by atoms with E-state index in [1.807, 2.05) is 0 Å². The molecule has 80 valence electrons. The molecule has 0 radical (unpaired) electrons. The van der Waals surface area contributed by atoms with Crippen LogP contribution in [0, 0.1) is 5.92 Å². The Morgan fingerprint density at radius 2 is 1.85 bits per heavy atom. The van der Waals surface area contributed by atoms with Crippen molar-refractivity contribution >= 4 is 10.2 Å². The number of rotatable bonds is 3. The van der Waals surface area contributed by atoms with E-state index in [1.165, 1.54) is 0 Å². The van der Waals surface area contributed by atoms with E-state index >= 15 is 0 Å². The quantitative estimate of drug-likeness (QED) is 0.435. The lowest BCUT2D eigenvalue weighted by Gasteiger charge is -2.30. The van der Waals surface area contributed by atoms with Crippen molar-refractivity contribution in [3.05, 3.63) is 0 Å². The summed E-state index contributed by atoms with van der Waals surface area (Å²) < 4.78 is 9.48. The molecule has 1 atom stereocenters. The van der Waals surface area contributed by atoms with E-state index in [0.717, 1.165) is 29.2 Å². The highest BCUT2D eigenvalue weighted by Crippen LogP contribution is 2.04. The van der Waals surface area contributed by atoms with Gasteiger partial charge in [0, 0.05) is 33.4 Å². The Hall–Kier alpha value is 0.0569. The molecule has 0 aromatic carbocycles. The van der Waals surface area contributed by atoms with Gasteiger partial charge in [-0.3, -0.25) is 0 Å². The number of hydrogen-bond donors (Lipinski definition) is 2. The summed E-state index contributed by atoms with van der Waals surface area (Å²) in [5.74, 6) is 0.824. The molecule has 3 N–H and O–H groups in total. The molecule has 0 bridgehead atoms. The summed E-state index contributed by atoms with van der Waals surface area (Å²) in [7, 11) is 4.23. The zero-order valence-electron chi connectivity index (χ0n) is 9.04. The molecule has 4 nitrogen and oxygen atoms in total. The van der Waals surface area contributed by atoms with Crippen molar-refractivity contribution in [2.75, 3.05) is 27.3 Å². The van der Waals surface area contributed by atoms with Gasteiger partial charge >= 0.3 is 0 Å². The van der Waals surface area contributed by atoms with Gasteiger partial charge in [0.15, 0.2) is 0 Å². The summed E-state index contributed by atoms with van der Waals surface area (Å²) in [5.41, 5.74) is 5.56. The Labute approximate surface area is 83.6 Å². The van der Waals surface area contributed by atoms with Crippen LogP contribution in [0.15, 0.2) is 0 Å². The van der Waals surface area contributed by atoms with Crippen molar-refractivity contribution in [2.45, 2.75) is 18.9 Å². The van der Waals surface area contributed by atoms with Gasteiger partial charge < -0.3 is 20.5 Å². The van der Waals surface area contributed by atoms with Gasteiger partial charge in [-0.2, -0.15) is 0 Å². The van der Waals surface area contributed by atoms with Gasteiger partial charge in [0.05, 0.1) is 10.2 Å². The van der Waals surface area contributed by atoms with Gasteiger partial charge in [-0.1, -0.05) is 0 Å². The number of nitrogens with one attached hydrogen (secondary N) is 1. The molecule has 13 heavy (non-hydrogen) atoms. The highest BCUT2D eigenvalue weighted by atomic mass is 28.1. The fourth-order valence-corrected chi connectivity index (χ4v) is 0.779. The van der Waals surface area contributed by atoms with E-state index in [1.54, 1.807) is 14.2 Å². The van der Waals surface area contributed by atoms with Crippen molar-refractivity contribution in [3.8, 4) is 0 Å². The van der Waals surface area contributed by atoms with Crippen LogP contribution in [0.5, 0.6) is 0 Å². The highest BCUT2D eigenvalue weighted by molar-refractivity contribution is 6.09. The molecule has 0 aromatic rings. The molecule has 0 aromatic heterocycles. The monoisotopic (exact) mass is 206 g/mol. The molecule has 1 fully saturated rings. The maximum absolute atomic E-state index is 5.56. The van der Waals surface area contributed by atoms with Crippen molar-refractivity contribution in [1.29, 1.82) is 0 Å². The molecule has 5 heteroatoms. The van der Waals surface area contributed by atoms with Crippen LogP contribution in [0.2, 0.25) is 0 Å². The molecule has 0 saturated carbocycles. The lowest BCUT2D eigenvalue weighted by Crippen LogP contribution is -2.50. The summed E-state index contributed by atoms with van der Waals surface area (Å²) in [5, 5.41) is 3.16. The highest BCUT2D eigenvalue weighted by Gasteiger charge is 2.19. The second-order valence-corrected chi connectivity index (χ2v) is 4.26. The molecule has 1 aliphatic heterocycles. The molecular formula is C8H22N2O2Si. The van der Waals surface area contributed by atoms with Crippen molar-refractivity contribution < 1.29 is 9.47 Å². The molecule has 0 spiro atoms. The Kier molecular flexibility index (Phi) is 7.49. The molecule has 1 rings (SSSR count). The smallest absolute Gasteiger partial charge is 0.130 e. The van der Waals surface area contributed by atoms with Crippen molar-refractivity contribution in [2.24, 2.45) is 11.7 Å². The number of ether oxygens (including phenoxy) is 2. The lowest BCUT2D eigenvalue weighted by molar-refractivity contribution is -0.0411. The first-order chi connectivity index (χ1) is 6.11. The third kappa shape index (κ3) is 6.17. The van der Waals surface area contributed by atoms with Crippen LogP contribution in [0.25, 0.3) is 0 Å². The lowest BCUT2D eigenvalue weighted by atomic mass is 9.96. The largest absolute Gasteiger partial charge is 0.361 e. The summed E-state index contributed by atoms with van der Waals surface area (Å²) >= 11 is 0. The van der Waals surface area contributed by atoms with E-state index in [4.69, 9.17) is 15.2 Å². The fraction of sp³-hybridized carbons (Fsp3) is 1.00. The average molecular weight is 206 g/mol. The minimum atomic E-state index is 0.0741. The maximum atomic E-state index is 5.56. The molecule has 1 heterocycles. The minimum absolute atomic E-state index is 0.0741. The molecule has 1 unspecified atom stereocenters. The fourth-order valence-electron chi connectivity index (χ4n) is 0.779. The normalized spacial score (nSPS) is 19.2. The zero-order chi connectivity index (χ0) is 10.3. The average Bonchev–Trinajstić information content (AvgIpc) is 2.00. The Bertz CT molecular complexity index is 117. The van der Waals surface area contributed by atoms with Crippen LogP contribution >= 0.6 is 0 Å². The Balaban J connectivity index is 0.000000226. The molecule has 1 aliphatic rings. The second kappa shape index (κ2) is 7.46. The van der Waals surface area contributed by atoms with E-state index in [9.17, 15) is 0 Å². The van der Waals surface area contributed by atoms with Crippen LogP contribution in [-0.2, 0) is 9.47 Å². The third-order valence-corrected chi connectivity index (χ3v) is 3.16. The van der Waals surface area contributed by atoms with E-state index in [2.05, 4.69) is 12.2 Å². The van der Waals surface area contributed by atoms with Gasteiger partial charge in [0.25, 0.3) is 0 Å². The van der Waals surface area contributed by atoms with Gasteiger partial charge in [0.1, 0.15) is 5.91 Å². The van der Waals surface area contributed by atoms with Gasteiger partial charge in [-0.05, 0) is 12.8 Å². The first-order valence-electron chi connectivity index (χ1n) is 4.63. The Morgan fingerprint density at radius 3 is 1.85 bits per heavy atom. The number of hydrogen-bond acceptors (Lipinski definition) is 4. The summed E-state index contributed by atoms with van der Waals surface area (Å²) in [6.45, 7) is 4.31. The SMILES string of the molecule is CC(N)C1CNC1.COC([SiH3])OC. The van der Waals surface area contributed by atoms with Crippen molar-refractivity contribution in [3.63, 3.8) is 0 Å². The molecule has 0 aliphatic carbocycles. The van der Waals surface area contributed by atoms with Crippen LogP contribution < -0.4 is 11.1 Å². The van der Waals surface area contributed by atoms with Gasteiger partial charge in [-0.25, -0.2) is 0 Å². The summed E-state index contributed by atoms with van der Waals surface area (Å²) in [6, 6.07) is 0.390.